The molecule has 0 radical (unpaired) electrons. The molecule has 1 saturated carbocycles. The first-order chi connectivity index (χ1) is 15.4. The number of carbonyl (C=O) groups excluding carboxylic acids is 2. The quantitative estimate of drug-likeness (QED) is 0.500. The molecule has 0 unspecified atom stereocenters. The molecule has 2 N–H and O–H groups in total. The summed E-state index contributed by atoms with van der Waals surface area (Å²) in [6.45, 7) is 6.96. The van der Waals surface area contributed by atoms with Crippen LogP contribution in [0.2, 0.25) is 0 Å². The van der Waals surface area contributed by atoms with Gasteiger partial charge in [-0.25, -0.2) is 22.3 Å². The molecule has 3 amide bonds. The smallest absolute Gasteiger partial charge is 0.324 e. The summed E-state index contributed by atoms with van der Waals surface area (Å²) < 4.78 is 47.9. The first-order valence-electron chi connectivity index (χ1n) is 11.1. The topological polar surface area (TPSA) is 105 Å². The molecule has 10 heteroatoms. The predicted molar refractivity (Wildman–Crippen MR) is 123 cm³/mol. The molecule has 3 rings (SSSR count). The Morgan fingerprint density at radius 3 is 2.61 bits per heavy atom. The largest absolute Gasteiger partial charge is 0.490 e. The lowest BCUT2D eigenvalue weighted by molar-refractivity contribution is -0.121. The van der Waals surface area contributed by atoms with Gasteiger partial charge in [-0.15, -0.1) is 0 Å². The molecular formula is C23H32FN3O5S. The number of nitrogens with one attached hydrogen (secondary N) is 2. The van der Waals surface area contributed by atoms with E-state index in [-0.39, 0.29) is 35.7 Å². The van der Waals surface area contributed by atoms with Crippen molar-refractivity contribution < 1.29 is 27.1 Å². The van der Waals surface area contributed by atoms with E-state index in [1.807, 2.05) is 20.8 Å². The summed E-state index contributed by atoms with van der Waals surface area (Å²) in [6, 6.07) is 4.06. The van der Waals surface area contributed by atoms with Gasteiger partial charge in [0.05, 0.1) is 17.9 Å². The van der Waals surface area contributed by atoms with Gasteiger partial charge in [-0.2, -0.15) is 0 Å². The maximum Gasteiger partial charge on any atom is 0.324 e. The van der Waals surface area contributed by atoms with E-state index >= 15 is 0 Å². The maximum atomic E-state index is 14.2. The molecule has 182 valence electrons. The fraction of sp³-hybridized carbons (Fsp3) is 0.565. The Morgan fingerprint density at radius 1 is 1.24 bits per heavy atom. The van der Waals surface area contributed by atoms with E-state index < -0.39 is 27.4 Å². The van der Waals surface area contributed by atoms with Crippen molar-refractivity contribution in [2.45, 2.75) is 52.0 Å². The van der Waals surface area contributed by atoms with Crippen LogP contribution in [-0.4, -0.2) is 50.7 Å². The number of sulfonamides is 1. The third-order valence-corrected chi connectivity index (χ3v) is 6.91. The molecule has 8 nitrogen and oxygen atoms in total. The summed E-state index contributed by atoms with van der Waals surface area (Å²) in [5.41, 5.74) is -0.170. The van der Waals surface area contributed by atoms with Gasteiger partial charge < -0.3 is 9.64 Å². The molecule has 1 saturated heterocycles. The zero-order valence-electron chi connectivity index (χ0n) is 19.3. The first-order valence-corrected chi connectivity index (χ1v) is 12.7. The van der Waals surface area contributed by atoms with Crippen molar-refractivity contribution in [2.75, 3.05) is 25.4 Å². The van der Waals surface area contributed by atoms with Crippen LogP contribution in [0.4, 0.5) is 9.18 Å². The van der Waals surface area contributed by atoms with Gasteiger partial charge in [0, 0.05) is 19.5 Å². The molecule has 0 spiro atoms. The van der Waals surface area contributed by atoms with Crippen molar-refractivity contribution in [1.82, 2.24) is 14.9 Å². The second-order valence-electron chi connectivity index (χ2n) is 9.81. The van der Waals surface area contributed by atoms with E-state index in [9.17, 15) is 22.4 Å². The highest BCUT2D eigenvalue weighted by atomic mass is 32.2. The minimum absolute atomic E-state index is 0.107. The Morgan fingerprint density at radius 2 is 1.97 bits per heavy atom. The number of hydrogen-bond donors (Lipinski definition) is 2. The van der Waals surface area contributed by atoms with Crippen LogP contribution in [0, 0.1) is 11.2 Å². The maximum absolute atomic E-state index is 14.2. The minimum Gasteiger partial charge on any atom is -0.490 e. The number of benzene rings is 1. The molecule has 2 fully saturated rings. The lowest BCUT2D eigenvalue weighted by atomic mass is 9.98. The van der Waals surface area contributed by atoms with Crippen molar-refractivity contribution in [3.05, 3.63) is 41.7 Å². The second-order valence-corrected chi connectivity index (χ2v) is 11.6. The first kappa shape index (κ1) is 25.2. The summed E-state index contributed by atoms with van der Waals surface area (Å²) in [6.07, 6.45) is 5.23. The number of urea groups is 1. The molecule has 2 aliphatic rings. The molecule has 1 heterocycles. The second kappa shape index (κ2) is 9.80. The SMILES string of the molecule is CC(C)(C)COc1cc(C2(NS(=O)(=O)CC/C=C/CN3CCC(=O)NC3=O)CC2)ccc1F. The number of ether oxygens (including phenoxy) is 1. The Kier molecular flexibility index (Phi) is 7.48. The number of hydrogen-bond acceptors (Lipinski definition) is 5. The predicted octanol–water partition coefficient (Wildman–Crippen LogP) is 3.05. The number of rotatable bonds is 10. The third kappa shape index (κ3) is 7.26. The molecule has 1 aromatic carbocycles. The summed E-state index contributed by atoms with van der Waals surface area (Å²) in [4.78, 5) is 24.3. The van der Waals surface area contributed by atoms with Gasteiger partial charge in [-0.05, 0) is 42.4 Å². The van der Waals surface area contributed by atoms with Crippen LogP contribution in [0.25, 0.3) is 0 Å². The number of allylic oxidation sites excluding steroid dienone is 1. The number of amides is 3. The standard InChI is InChI=1S/C23H32FN3O5S/c1-22(2,3)16-32-19-15-17(7-8-18(19)24)23(10-11-23)26-33(30,31)14-6-4-5-12-27-13-9-20(28)25-21(27)29/h4-5,7-8,15,26H,6,9-14,16H2,1-3H3,(H,25,28,29)/b5-4+. The zero-order chi connectivity index (χ0) is 24.3. The lowest BCUT2D eigenvalue weighted by Gasteiger charge is -2.25. The highest BCUT2D eigenvalue weighted by Gasteiger charge is 2.47. The summed E-state index contributed by atoms with van der Waals surface area (Å²) in [5.74, 6) is -0.747. The van der Waals surface area contributed by atoms with Crippen molar-refractivity contribution in [3.63, 3.8) is 0 Å². The van der Waals surface area contributed by atoms with Crippen molar-refractivity contribution in [1.29, 1.82) is 0 Å². The van der Waals surface area contributed by atoms with Gasteiger partial charge in [0.2, 0.25) is 15.9 Å². The van der Waals surface area contributed by atoms with Gasteiger partial charge in [0.15, 0.2) is 11.6 Å². The van der Waals surface area contributed by atoms with Crippen LogP contribution >= 0.6 is 0 Å². The number of nitrogens with zero attached hydrogens (tertiary/aromatic N) is 1. The van der Waals surface area contributed by atoms with Gasteiger partial charge in [-0.1, -0.05) is 39.0 Å². The van der Waals surface area contributed by atoms with Crippen molar-refractivity contribution in [2.24, 2.45) is 5.41 Å². The average molecular weight is 482 g/mol. The summed E-state index contributed by atoms with van der Waals surface area (Å²) in [7, 11) is -3.58. The van der Waals surface area contributed by atoms with Crippen LogP contribution < -0.4 is 14.8 Å². The fourth-order valence-corrected chi connectivity index (χ4v) is 4.91. The molecule has 0 bridgehead atoms. The summed E-state index contributed by atoms with van der Waals surface area (Å²) >= 11 is 0. The van der Waals surface area contributed by atoms with Crippen molar-refractivity contribution >= 4 is 22.0 Å². The number of halogens is 1. The number of imide groups is 1. The van der Waals surface area contributed by atoms with Gasteiger partial charge in [0.1, 0.15) is 0 Å². The lowest BCUT2D eigenvalue weighted by Crippen LogP contribution is -2.49. The van der Waals surface area contributed by atoms with Crippen LogP contribution in [-0.2, 0) is 20.4 Å². The van der Waals surface area contributed by atoms with Crippen LogP contribution in [0.3, 0.4) is 0 Å². The van der Waals surface area contributed by atoms with E-state index in [1.54, 1.807) is 24.3 Å². The van der Waals surface area contributed by atoms with Crippen LogP contribution in [0.15, 0.2) is 30.4 Å². The van der Waals surface area contributed by atoms with Gasteiger partial charge in [0.25, 0.3) is 0 Å². The highest BCUT2D eigenvalue weighted by molar-refractivity contribution is 7.89. The Hall–Kier alpha value is -2.46. The average Bonchev–Trinajstić information content (AvgIpc) is 3.47. The Bertz CT molecular complexity index is 1030. The Balaban J connectivity index is 1.54. The molecule has 1 aliphatic carbocycles. The third-order valence-electron chi connectivity index (χ3n) is 5.43. The monoisotopic (exact) mass is 481 g/mol. The summed E-state index contributed by atoms with van der Waals surface area (Å²) in [5, 5.41) is 2.24. The Labute approximate surface area is 194 Å². The molecule has 0 aromatic heterocycles. The van der Waals surface area contributed by atoms with E-state index in [0.717, 1.165) is 0 Å². The molecule has 1 aromatic rings. The van der Waals surface area contributed by atoms with E-state index in [0.29, 0.717) is 38.1 Å². The van der Waals surface area contributed by atoms with Crippen molar-refractivity contribution in [3.8, 4) is 5.75 Å². The van der Waals surface area contributed by atoms with Crippen LogP contribution in [0.5, 0.6) is 5.75 Å². The fourth-order valence-electron chi connectivity index (χ4n) is 3.45. The van der Waals surface area contributed by atoms with E-state index in [4.69, 9.17) is 4.74 Å². The van der Waals surface area contributed by atoms with Crippen LogP contribution in [0.1, 0.15) is 52.0 Å². The molecular weight excluding hydrogens is 449 g/mol. The molecule has 0 atom stereocenters. The zero-order valence-corrected chi connectivity index (χ0v) is 20.1. The normalized spacial score (nSPS) is 18.5. The number of carbonyl (C=O) groups is 2. The van der Waals surface area contributed by atoms with E-state index in [1.165, 1.54) is 11.0 Å². The van der Waals surface area contributed by atoms with Gasteiger partial charge >= 0.3 is 6.03 Å². The molecule has 1 aliphatic heterocycles. The highest BCUT2D eigenvalue weighted by Crippen LogP contribution is 2.47. The van der Waals surface area contributed by atoms with E-state index in [2.05, 4.69) is 10.0 Å². The van der Waals surface area contributed by atoms with Gasteiger partial charge in [-0.3, -0.25) is 10.1 Å². The molecule has 33 heavy (non-hydrogen) atoms. The minimum atomic E-state index is -3.58.